The molecular weight excluding hydrogens is 408 g/mol. The van der Waals surface area contributed by atoms with E-state index in [-0.39, 0.29) is 25.7 Å². The summed E-state index contributed by atoms with van der Waals surface area (Å²) in [6, 6.07) is 10.9. The highest BCUT2D eigenvalue weighted by Gasteiger charge is 2.26. The van der Waals surface area contributed by atoms with E-state index in [0.29, 0.717) is 4.57 Å². The van der Waals surface area contributed by atoms with Crippen LogP contribution in [-0.4, -0.2) is 39.2 Å². The van der Waals surface area contributed by atoms with Crippen molar-refractivity contribution >= 4 is 38.0 Å². The Morgan fingerprint density at radius 3 is 2.54 bits per heavy atom. The van der Waals surface area contributed by atoms with Crippen LogP contribution in [0.2, 0.25) is 5.02 Å². The second kappa shape index (κ2) is 7.35. The van der Waals surface area contributed by atoms with Crippen molar-refractivity contribution in [2.75, 3.05) is 31.1 Å². The number of halogens is 3. The molecule has 4 rings (SSSR count). The average Bonchev–Trinajstić information content (AvgIpc) is 3.08. The minimum absolute atomic E-state index is 0.0665. The summed E-state index contributed by atoms with van der Waals surface area (Å²) in [5.41, 5.74) is 0.912. The number of sulfone groups is 1. The predicted molar refractivity (Wildman–Crippen MR) is 105 cm³/mol. The lowest BCUT2D eigenvalue weighted by molar-refractivity contribution is 0.0748. The number of fused-ring (bicyclic) bond motifs is 1. The van der Waals surface area contributed by atoms with Crippen molar-refractivity contribution in [2.24, 2.45) is 0 Å². The second-order valence-electron chi connectivity index (χ2n) is 6.58. The quantitative estimate of drug-likeness (QED) is 0.688. The fraction of sp³-hybridized carbons (Fsp3) is 0.263. The van der Waals surface area contributed by atoms with Crippen LogP contribution < -0.4 is 10.2 Å². The van der Waals surface area contributed by atoms with Crippen LogP contribution in [0.3, 0.4) is 0 Å². The molecule has 5 nitrogen and oxygen atoms in total. The van der Waals surface area contributed by atoms with Crippen molar-refractivity contribution in [3.05, 3.63) is 53.7 Å². The molecule has 0 amide bonds. The van der Waals surface area contributed by atoms with Crippen LogP contribution >= 0.6 is 11.6 Å². The number of benzene rings is 2. The van der Waals surface area contributed by atoms with Crippen LogP contribution in [0.5, 0.6) is 0 Å². The zero-order valence-corrected chi connectivity index (χ0v) is 16.4. The Kier molecular flexibility index (Phi) is 5.03. The Labute approximate surface area is 166 Å². The van der Waals surface area contributed by atoms with Gasteiger partial charge < -0.3 is 10.2 Å². The lowest BCUT2D eigenvalue weighted by atomic mass is 10.2. The van der Waals surface area contributed by atoms with Crippen LogP contribution in [-0.2, 0) is 9.84 Å². The number of piperazine rings is 1. The van der Waals surface area contributed by atoms with Crippen LogP contribution in [0.15, 0.2) is 58.5 Å². The van der Waals surface area contributed by atoms with Crippen molar-refractivity contribution in [1.82, 2.24) is 9.88 Å². The van der Waals surface area contributed by atoms with E-state index in [0.717, 1.165) is 38.1 Å². The third-order valence-electron chi connectivity index (χ3n) is 4.87. The predicted octanol–water partition coefficient (Wildman–Crippen LogP) is 3.93. The molecule has 1 N–H and O–H groups in total. The standard InChI is InChI=1S/C19H18ClF2N3O2S/c20-13-4-5-17-16(10-13)18(12-25(17)19(21)22)28(26,27)15-3-1-2-14(11-15)24-8-6-23-7-9-24/h1-5,10-12,19,23H,6-9H2. The Morgan fingerprint density at radius 2 is 1.82 bits per heavy atom. The van der Waals surface area contributed by atoms with E-state index in [1.54, 1.807) is 12.1 Å². The van der Waals surface area contributed by atoms with Crippen LogP contribution in [0, 0.1) is 0 Å². The van der Waals surface area contributed by atoms with Crippen molar-refractivity contribution in [1.29, 1.82) is 0 Å². The molecule has 9 heteroatoms. The first-order valence-electron chi connectivity index (χ1n) is 8.77. The molecule has 0 unspecified atom stereocenters. The van der Waals surface area contributed by atoms with Crippen LogP contribution in [0.4, 0.5) is 14.5 Å². The van der Waals surface area contributed by atoms with Crippen molar-refractivity contribution in [2.45, 2.75) is 16.3 Å². The molecule has 0 atom stereocenters. The number of nitrogens with zero attached hydrogens (tertiary/aromatic N) is 2. The Morgan fingerprint density at radius 1 is 1.07 bits per heavy atom. The van der Waals surface area contributed by atoms with Gasteiger partial charge in [0.25, 0.3) is 0 Å². The van der Waals surface area contributed by atoms with Gasteiger partial charge in [0.2, 0.25) is 9.84 Å². The zero-order chi connectivity index (χ0) is 19.9. The topological polar surface area (TPSA) is 54.3 Å². The van der Waals surface area contributed by atoms with Crippen molar-refractivity contribution < 1.29 is 17.2 Å². The van der Waals surface area contributed by atoms with Gasteiger partial charge in [-0.2, -0.15) is 8.78 Å². The third kappa shape index (κ3) is 3.36. The second-order valence-corrected chi connectivity index (χ2v) is 8.93. The van der Waals surface area contributed by atoms with Gasteiger partial charge >= 0.3 is 6.55 Å². The molecule has 3 aromatic rings. The van der Waals surface area contributed by atoms with Gasteiger partial charge in [-0.1, -0.05) is 17.7 Å². The van der Waals surface area contributed by atoms with Gasteiger partial charge in [0.15, 0.2) is 0 Å². The maximum atomic E-state index is 13.4. The Balaban J connectivity index is 1.84. The highest BCUT2D eigenvalue weighted by Crippen LogP contribution is 2.35. The lowest BCUT2D eigenvalue weighted by Crippen LogP contribution is -2.43. The van der Waals surface area contributed by atoms with E-state index >= 15 is 0 Å². The smallest absolute Gasteiger partial charge is 0.319 e. The van der Waals surface area contributed by atoms with E-state index in [2.05, 4.69) is 10.2 Å². The summed E-state index contributed by atoms with van der Waals surface area (Å²) in [4.78, 5) is 1.98. The summed E-state index contributed by atoms with van der Waals surface area (Å²) in [7, 11) is -4.01. The van der Waals surface area contributed by atoms with Gasteiger partial charge in [-0.25, -0.2) is 8.42 Å². The molecule has 0 aliphatic carbocycles. The number of alkyl halides is 2. The third-order valence-corrected chi connectivity index (χ3v) is 6.88. The number of rotatable bonds is 4. The molecule has 1 aromatic heterocycles. The van der Waals surface area contributed by atoms with E-state index in [1.165, 1.54) is 24.3 Å². The van der Waals surface area contributed by atoms with E-state index in [4.69, 9.17) is 11.6 Å². The maximum Gasteiger partial charge on any atom is 0.319 e. The minimum atomic E-state index is -4.01. The van der Waals surface area contributed by atoms with Crippen molar-refractivity contribution in [3.8, 4) is 0 Å². The molecule has 2 aromatic carbocycles. The summed E-state index contributed by atoms with van der Waals surface area (Å²) in [6.07, 6.45) is 0.985. The SMILES string of the molecule is O=S(=O)(c1cccc(N2CCNCC2)c1)c1cn(C(F)F)c2ccc(Cl)cc12. The molecule has 148 valence electrons. The highest BCUT2D eigenvalue weighted by molar-refractivity contribution is 7.91. The molecule has 2 heterocycles. The molecule has 1 saturated heterocycles. The largest absolute Gasteiger partial charge is 0.369 e. The molecule has 1 aliphatic heterocycles. The molecule has 0 radical (unpaired) electrons. The molecular formula is C19H18ClF2N3O2S. The minimum Gasteiger partial charge on any atom is -0.369 e. The van der Waals surface area contributed by atoms with E-state index in [1.807, 2.05) is 6.07 Å². The number of nitrogens with one attached hydrogen (secondary N) is 1. The summed E-state index contributed by atoms with van der Waals surface area (Å²) < 4.78 is 54.1. The molecule has 0 spiro atoms. The molecule has 1 fully saturated rings. The van der Waals surface area contributed by atoms with E-state index < -0.39 is 16.4 Å². The highest BCUT2D eigenvalue weighted by atomic mass is 35.5. The van der Waals surface area contributed by atoms with Crippen LogP contribution in [0.25, 0.3) is 10.9 Å². The van der Waals surface area contributed by atoms with Gasteiger partial charge in [-0.15, -0.1) is 0 Å². The number of hydrogen-bond donors (Lipinski definition) is 1. The summed E-state index contributed by atoms with van der Waals surface area (Å²) in [5.74, 6) is 0. The molecule has 0 saturated carbocycles. The fourth-order valence-electron chi connectivity index (χ4n) is 3.47. The Hall–Kier alpha value is -2.16. The summed E-state index contributed by atoms with van der Waals surface area (Å²) in [6.45, 7) is 0.308. The summed E-state index contributed by atoms with van der Waals surface area (Å²) in [5, 5.41) is 3.71. The van der Waals surface area contributed by atoms with Gasteiger partial charge in [-0.3, -0.25) is 4.57 Å². The summed E-state index contributed by atoms with van der Waals surface area (Å²) >= 11 is 6.00. The molecule has 1 aliphatic rings. The molecule has 28 heavy (non-hydrogen) atoms. The van der Waals surface area contributed by atoms with Gasteiger partial charge in [0.1, 0.15) is 0 Å². The molecule has 0 bridgehead atoms. The van der Waals surface area contributed by atoms with Gasteiger partial charge in [0.05, 0.1) is 15.3 Å². The fourth-order valence-corrected chi connectivity index (χ4v) is 5.13. The monoisotopic (exact) mass is 425 g/mol. The lowest BCUT2D eigenvalue weighted by Gasteiger charge is -2.29. The number of hydrogen-bond acceptors (Lipinski definition) is 4. The first-order chi connectivity index (χ1) is 13.4. The van der Waals surface area contributed by atoms with Crippen LogP contribution in [0.1, 0.15) is 6.55 Å². The van der Waals surface area contributed by atoms with Crippen molar-refractivity contribution in [3.63, 3.8) is 0 Å². The number of anilines is 1. The van der Waals surface area contributed by atoms with Gasteiger partial charge in [-0.05, 0) is 36.4 Å². The maximum absolute atomic E-state index is 13.4. The average molecular weight is 426 g/mol. The number of aromatic nitrogens is 1. The van der Waals surface area contributed by atoms with E-state index in [9.17, 15) is 17.2 Å². The first-order valence-corrected chi connectivity index (χ1v) is 10.6. The first kappa shape index (κ1) is 19.2. The zero-order valence-electron chi connectivity index (χ0n) is 14.8. The van der Waals surface area contributed by atoms with Gasteiger partial charge in [0, 0.05) is 48.5 Å². The Bertz CT molecular complexity index is 1130. The normalized spacial score (nSPS) is 15.5.